The molecular weight excluding hydrogens is 401 g/mol. The first-order valence-electron chi connectivity index (χ1n) is 9.75. The van der Waals surface area contributed by atoms with Crippen LogP contribution in [0.1, 0.15) is 50.0 Å². The first kappa shape index (κ1) is 19.5. The van der Waals surface area contributed by atoms with Crippen molar-refractivity contribution in [2.24, 2.45) is 5.92 Å². The van der Waals surface area contributed by atoms with E-state index in [1.165, 1.54) is 0 Å². The summed E-state index contributed by atoms with van der Waals surface area (Å²) in [6, 6.07) is 5.15. The van der Waals surface area contributed by atoms with Crippen molar-refractivity contribution in [3.8, 4) is 0 Å². The van der Waals surface area contributed by atoms with Gasteiger partial charge in [-0.3, -0.25) is 14.9 Å². The molecule has 1 unspecified atom stereocenters. The van der Waals surface area contributed by atoms with E-state index in [2.05, 4.69) is 10.6 Å². The molecule has 1 aliphatic carbocycles. The molecule has 0 bridgehead atoms. The van der Waals surface area contributed by atoms with Gasteiger partial charge in [-0.15, -0.1) is 0 Å². The molecular formula is C20H23Cl2N3O3. The van der Waals surface area contributed by atoms with Crippen molar-refractivity contribution in [2.75, 3.05) is 13.1 Å². The summed E-state index contributed by atoms with van der Waals surface area (Å²) in [4.78, 5) is 38.5. The summed E-state index contributed by atoms with van der Waals surface area (Å²) in [6.45, 7) is 1.34. The number of likely N-dealkylation sites (tertiary alicyclic amines) is 1. The van der Waals surface area contributed by atoms with E-state index in [1.807, 2.05) is 17.0 Å². The predicted octanol–water partition coefficient (Wildman–Crippen LogP) is 3.47. The SMILES string of the molecule is O=C1NC(=O)C(CCC(=O)N2CCC(c3cc(Cl)cc(Cl)c3)CC2)(C2CC2)N1. The number of carbonyl (C=O) groups excluding carboxylic acids is 3. The van der Waals surface area contributed by atoms with Crippen molar-refractivity contribution in [2.45, 2.75) is 50.0 Å². The third kappa shape index (κ3) is 3.85. The number of halogens is 2. The number of piperidine rings is 1. The first-order valence-corrected chi connectivity index (χ1v) is 10.5. The van der Waals surface area contributed by atoms with Crippen molar-refractivity contribution < 1.29 is 14.4 Å². The zero-order chi connectivity index (χ0) is 19.9. The number of benzene rings is 1. The third-order valence-corrected chi connectivity index (χ3v) is 6.62. The lowest BCUT2D eigenvalue weighted by Crippen LogP contribution is -2.50. The quantitative estimate of drug-likeness (QED) is 0.711. The van der Waals surface area contributed by atoms with E-state index in [-0.39, 0.29) is 24.2 Å². The molecule has 2 N–H and O–H groups in total. The van der Waals surface area contributed by atoms with Crippen molar-refractivity contribution in [1.82, 2.24) is 15.5 Å². The minimum atomic E-state index is -0.900. The first-order chi connectivity index (χ1) is 13.4. The van der Waals surface area contributed by atoms with Gasteiger partial charge in [0.15, 0.2) is 0 Å². The smallest absolute Gasteiger partial charge is 0.322 e. The molecule has 2 aliphatic heterocycles. The van der Waals surface area contributed by atoms with E-state index in [0.717, 1.165) is 31.2 Å². The molecule has 0 aromatic heterocycles. The molecule has 28 heavy (non-hydrogen) atoms. The maximum Gasteiger partial charge on any atom is 0.322 e. The van der Waals surface area contributed by atoms with Gasteiger partial charge in [-0.1, -0.05) is 23.2 Å². The van der Waals surface area contributed by atoms with Crippen molar-refractivity contribution in [1.29, 1.82) is 0 Å². The van der Waals surface area contributed by atoms with Gasteiger partial charge >= 0.3 is 6.03 Å². The number of carbonyl (C=O) groups is 3. The Bertz CT molecular complexity index is 799. The maximum absolute atomic E-state index is 12.7. The summed E-state index contributed by atoms with van der Waals surface area (Å²) in [5.74, 6) is 0.226. The van der Waals surface area contributed by atoms with E-state index in [1.54, 1.807) is 6.07 Å². The molecule has 0 spiro atoms. The van der Waals surface area contributed by atoms with Gasteiger partial charge in [0.1, 0.15) is 5.54 Å². The average Bonchev–Trinajstić information content (AvgIpc) is 3.45. The average molecular weight is 424 g/mol. The summed E-state index contributed by atoms with van der Waals surface area (Å²) in [7, 11) is 0. The minimum absolute atomic E-state index is 0.0385. The van der Waals surface area contributed by atoms with Gasteiger partial charge in [0.2, 0.25) is 5.91 Å². The molecule has 1 atom stereocenters. The topological polar surface area (TPSA) is 78.5 Å². The Labute approximate surface area is 173 Å². The van der Waals surface area contributed by atoms with Crippen LogP contribution < -0.4 is 10.6 Å². The zero-order valence-corrected chi connectivity index (χ0v) is 17.0. The molecule has 1 saturated carbocycles. The summed E-state index contributed by atoms with van der Waals surface area (Å²) < 4.78 is 0. The maximum atomic E-state index is 12.7. The second-order valence-corrected chi connectivity index (χ2v) is 8.88. The molecule has 6 nitrogen and oxygen atoms in total. The van der Waals surface area contributed by atoms with Gasteiger partial charge in [-0.2, -0.15) is 0 Å². The number of rotatable bonds is 5. The van der Waals surface area contributed by atoms with E-state index >= 15 is 0 Å². The van der Waals surface area contributed by atoms with Crippen LogP contribution in [0.4, 0.5) is 4.79 Å². The van der Waals surface area contributed by atoms with Crippen LogP contribution in [-0.2, 0) is 9.59 Å². The molecule has 150 valence electrons. The normalized spacial score (nSPS) is 25.6. The Morgan fingerprint density at radius 3 is 2.25 bits per heavy atom. The number of hydrogen-bond acceptors (Lipinski definition) is 3. The van der Waals surface area contributed by atoms with Crippen LogP contribution in [0.2, 0.25) is 10.0 Å². The van der Waals surface area contributed by atoms with Crippen molar-refractivity contribution in [3.63, 3.8) is 0 Å². The number of imide groups is 1. The Balaban J connectivity index is 1.33. The Hall–Kier alpha value is -1.79. The van der Waals surface area contributed by atoms with Gasteiger partial charge in [0.05, 0.1) is 0 Å². The summed E-state index contributed by atoms with van der Waals surface area (Å²) in [5, 5.41) is 6.37. The standard InChI is InChI=1S/C20H23Cl2N3O3/c21-15-9-13(10-16(22)11-15)12-4-7-25(8-5-12)17(26)3-6-20(14-1-2-14)18(27)23-19(28)24-20/h9-12,14H,1-8H2,(H2,23,24,27,28). The predicted molar refractivity (Wildman–Crippen MR) is 106 cm³/mol. The van der Waals surface area contributed by atoms with Gasteiger partial charge in [-0.25, -0.2) is 4.79 Å². The highest BCUT2D eigenvalue weighted by Gasteiger charge is 2.55. The number of hydrogen-bond donors (Lipinski definition) is 2. The number of nitrogens with zero attached hydrogens (tertiary/aromatic N) is 1. The van der Waals surface area contributed by atoms with Crippen LogP contribution in [0.25, 0.3) is 0 Å². The summed E-state index contributed by atoms with van der Waals surface area (Å²) >= 11 is 12.2. The van der Waals surface area contributed by atoms with Gasteiger partial charge in [-0.05, 0) is 67.7 Å². The molecule has 0 radical (unpaired) electrons. The second-order valence-electron chi connectivity index (χ2n) is 8.01. The zero-order valence-electron chi connectivity index (χ0n) is 15.5. The summed E-state index contributed by atoms with van der Waals surface area (Å²) in [6.07, 6.45) is 4.15. The summed E-state index contributed by atoms with van der Waals surface area (Å²) in [5.41, 5.74) is 0.213. The molecule has 4 rings (SSSR count). The lowest BCUT2D eigenvalue weighted by molar-refractivity contribution is -0.133. The monoisotopic (exact) mass is 423 g/mol. The van der Waals surface area contributed by atoms with Crippen LogP contribution in [0.3, 0.4) is 0 Å². The van der Waals surface area contributed by atoms with E-state index in [9.17, 15) is 14.4 Å². The van der Waals surface area contributed by atoms with Crippen LogP contribution in [0, 0.1) is 5.92 Å². The van der Waals surface area contributed by atoms with Gasteiger partial charge in [0, 0.05) is 29.6 Å². The molecule has 3 aliphatic rings. The lowest BCUT2D eigenvalue weighted by atomic mass is 9.87. The van der Waals surface area contributed by atoms with Crippen LogP contribution in [-0.4, -0.2) is 41.4 Å². The highest BCUT2D eigenvalue weighted by Crippen LogP contribution is 2.44. The fraction of sp³-hybridized carbons (Fsp3) is 0.550. The molecule has 1 aromatic rings. The van der Waals surface area contributed by atoms with Gasteiger partial charge in [0.25, 0.3) is 5.91 Å². The Morgan fingerprint density at radius 2 is 1.71 bits per heavy atom. The third-order valence-electron chi connectivity index (χ3n) is 6.18. The molecule has 4 amide bonds. The second kappa shape index (κ2) is 7.56. The van der Waals surface area contributed by atoms with E-state index in [0.29, 0.717) is 35.5 Å². The highest BCUT2D eigenvalue weighted by molar-refractivity contribution is 6.34. The Kier molecular flexibility index (Phi) is 5.27. The lowest BCUT2D eigenvalue weighted by Gasteiger charge is -2.33. The van der Waals surface area contributed by atoms with Crippen LogP contribution in [0.15, 0.2) is 18.2 Å². The number of urea groups is 1. The molecule has 3 fully saturated rings. The van der Waals surface area contributed by atoms with E-state index in [4.69, 9.17) is 23.2 Å². The largest absolute Gasteiger partial charge is 0.343 e. The fourth-order valence-electron chi connectivity index (χ4n) is 4.48. The molecule has 8 heteroatoms. The molecule has 2 heterocycles. The van der Waals surface area contributed by atoms with Crippen molar-refractivity contribution in [3.05, 3.63) is 33.8 Å². The Morgan fingerprint density at radius 1 is 1.07 bits per heavy atom. The number of amides is 4. The molecule has 2 saturated heterocycles. The minimum Gasteiger partial charge on any atom is -0.343 e. The fourth-order valence-corrected chi connectivity index (χ4v) is 5.03. The van der Waals surface area contributed by atoms with Gasteiger partial charge < -0.3 is 10.2 Å². The number of nitrogens with one attached hydrogen (secondary N) is 2. The highest BCUT2D eigenvalue weighted by atomic mass is 35.5. The van der Waals surface area contributed by atoms with Crippen LogP contribution in [0.5, 0.6) is 0 Å². The van der Waals surface area contributed by atoms with Crippen LogP contribution >= 0.6 is 23.2 Å². The molecule has 1 aromatic carbocycles. The van der Waals surface area contributed by atoms with Crippen molar-refractivity contribution >= 4 is 41.0 Å². The van der Waals surface area contributed by atoms with E-state index < -0.39 is 11.6 Å².